The standard InChI is InChI=1S/C32H59NO12S/c1-3-5-7-9-11-13-15-17-19-21-26(36)31(39)33-24(25(35)20-18-16-14-12-10-8-6-4-2)23-43-32-29(38)30(45-46(40,41)42)28(37)27(22-34)44-32/h9,11,18,20,24-30,32,34-38H,3-8,10,12-17,19,21-23H2,1-2H3,(H,33,39)(H,40,41,42)/b11-9-,20-18+. The first-order chi connectivity index (χ1) is 21.9. The van der Waals surface area contributed by atoms with Crippen molar-refractivity contribution in [1.29, 1.82) is 0 Å². The molecule has 1 heterocycles. The fraction of sp³-hybridized carbons (Fsp3) is 0.844. The van der Waals surface area contributed by atoms with Gasteiger partial charge in [-0.3, -0.25) is 9.35 Å². The largest absolute Gasteiger partial charge is 0.397 e. The van der Waals surface area contributed by atoms with E-state index < -0.39 is 78.5 Å². The summed E-state index contributed by atoms with van der Waals surface area (Å²) in [6.07, 6.45) is 10.5. The van der Waals surface area contributed by atoms with Gasteiger partial charge in [0.25, 0.3) is 0 Å². The highest BCUT2D eigenvalue weighted by molar-refractivity contribution is 7.80. The quantitative estimate of drug-likeness (QED) is 0.0399. The average Bonchev–Trinajstić information content (AvgIpc) is 3.01. The van der Waals surface area contributed by atoms with Crippen molar-refractivity contribution < 1.29 is 57.0 Å². The molecular weight excluding hydrogens is 622 g/mol. The molecule has 0 saturated carbocycles. The first kappa shape index (κ1) is 42.6. The van der Waals surface area contributed by atoms with Crippen LogP contribution in [0.4, 0.5) is 0 Å². The van der Waals surface area contributed by atoms with E-state index in [4.69, 9.17) is 14.0 Å². The number of ether oxygens (including phenoxy) is 2. The Morgan fingerprint density at radius 3 is 2.09 bits per heavy atom. The maximum absolute atomic E-state index is 12.9. The van der Waals surface area contributed by atoms with Gasteiger partial charge in [0.15, 0.2) is 6.29 Å². The second-order valence-electron chi connectivity index (χ2n) is 11.9. The fourth-order valence-electron chi connectivity index (χ4n) is 5.03. The average molecular weight is 682 g/mol. The lowest BCUT2D eigenvalue weighted by Crippen LogP contribution is -2.61. The molecule has 0 aliphatic carbocycles. The molecule has 1 saturated heterocycles. The predicted octanol–water partition coefficient (Wildman–Crippen LogP) is 2.84. The molecule has 14 heteroatoms. The number of carbonyl (C=O) groups excluding carboxylic acids is 1. The number of hydrogen-bond donors (Lipinski definition) is 7. The molecule has 0 bridgehead atoms. The lowest BCUT2D eigenvalue weighted by molar-refractivity contribution is -0.298. The van der Waals surface area contributed by atoms with E-state index in [0.29, 0.717) is 12.8 Å². The van der Waals surface area contributed by atoms with Gasteiger partial charge in [0.1, 0.15) is 30.5 Å². The van der Waals surface area contributed by atoms with Crippen LogP contribution in [0.5, 0.6) is 0 Å². The molecule has 1 fully saturated rings. The first-order valence-electron chi connectivity index (χ1n) is 16.8. The summed E-state index contributed by atoms with van der Waals surface area (Å²) in [4.78, 5) is 12.9. The zero-order valence-electron chi connectivity index (χ0n) is 27.5. The van der Waals surface area contributed by atoms with Crippen molar-refractivity contribution in [2.45, 2.75) is 159 Å². The molecule has 1 aliphatic heterocycles. The summed E-state index contributed by atoms with van der Waals surface area (Å²) in [7, 11) is -5.11. The minimum Gasteiger partial charge on any atom is -0.394 e. The van der Waals surface area contributed by atoms with Crippen molar-refractivity contribution in [2.75, 3.05) is 13.2 Å². The topological polar surface area (TPSA) is 212 Å². The van der Waals surface area contributed by atoms with E-state index in [1.165, 1.54) is 18.9 Å². The molecule has 0 aromatic rings. The summed E-state index contributed by atoms with van der Waals surface area (Å²) in [5, 5.41) is 54.4. The van der Waals surface area contributed by atoms with Gasteiger partial charge in [0.05, 0.1) is 25.4 Å². The minimum atomic E-state index is -5.11. The molecule has 13 nitrogen and oxygen atoms in total. The summed E-state index contributed by atoms with van der Waals surface area (Å²) in [5.74, 6) is -0.724. The number of hydrogen-bond acceptors (Lipinski definition) is 11. The van der Waals surface area contributed by atoms with Crippen LogP contribution in [-0.4, -0.2) is 107 Å². The molecule has 0 aromatic heterocycles. The third-order valence-electron chi connectivity index (χ3n) is 7.83. The van der Waals surface area contributed by atoms with Crippen LogP contribution in [0.2, 0.25) is 0 Å². The fourth-order valence-corrected chi connectivity index (χ4v) is 5.53. The van der Waals surface area contributed by atoms with Gasteiger partial charge < -0.3 is 40.3 Å². The first-order valence-corrected chi connectivity index (χ1v) is 18.2. The van der Waals surface area contributed by atoms with Crippen LogP contribution in [0.3, 0.4) is 0 Å². The summed E-state index contributed by atoms with van der Waals surface area (Å²) < 4.78 is 47.0. The molecule has 1 amide bonds. The van der Waals surface area contributed by atoms with Gasteiger partial charge in [-0.15, -0.1) is 0 Å². The Kier molecular flexibility index (Phi) is 22.8. The van der Waals surface area contributed by atoms with Crippen LogP contribution in [0.1, 0.15) is 110 Å². The highest BCUT2D eigenvalue weighted by Crippen LogP contribution is 2.26. The van der Waals surface area contributed by atoms with Gasteiger partial charge in [-0.25, -0.2) is 4.18 Å². The van der Waals surface area contributed by atoms with E-state index in [9.17, 15) is 38.7 Å². The summed E-state index contributed by atoms with van der Waals surface area (Å²) >= 11 is 0. The second-order valence-corrected chi connectivity index (χ2v) is 12.9. The Morgan fingerprint density at radius 2 is 1.46 bits per heavy atom. The Balaban J connectivity index is 2.82. The molecule has 0 spiro atoms. The van der Waals surface area contributed by atoms with Gasteiger partial charge in [-0.1, -0.05) is 95.9 Å². The maximum Gasteiger partial charge on any atom is 0.397 e. The Bertz CT molecular complexity index is 963. The van der Waals surface area contributed by atoms with Crippen molar-refractivity contribution in [3.63, 3.8) is 0 Å². The lowest BCUT2D eigenvalue weighted by atomic mass is 9.99. The highest BCUT2D eigenvalue weighted by atomic mass is 32.3. The van der Waals surface area contributed by atoms with Crippen molar-refractivity contribution >= 4 is 16.3 Å². The monoisotopic (exact) mass is 681 g/mol. The number of nitrogens with one attached hydrogen (secondary N) is 1. The molecule has 8 atom stereocenters. The zero-order valence-corrected chi connectivity index (χ0v) is 28.3. The Hall–Kier alpha value is -1.46. The van der Waals surface area contributed by atoms with Gasteiger partial charge in [-0.05, 0) is 38.5 Å². The highest BCUT2D eigenvalue weighted by Gasteiger charge is 2.48. The molecule has 8 unspecified atom stereocenters. The van der Waals surface area contributed by atoms with Gasteiger partial charge in [-0.2, -0.15) is 8.42 Å². The van der Waals surface area contributed by atoms with Gasteiger partial charge >= 0.3 is 10.4 Å². The zero-order chi connectivity index (χ0) is 34.4. The molecular formula is C32H59NO12S. The van der Waals surface area contributed by atoms with Crippen molar-refractivity contribution in [1.82, 2.24) is 5.32 Å². The van der Waals surface area contributed by atoms with Gasteiger partial charge in [0.2, 0.25) is 5.91 Å². The van der Waals surface area contributed by atoms with E-state index in [1.54, 1.807) is 6.08 Å². The van der Waals surface area contributed by atoms with Crippen molar-refractivity contribution in [2.24, 2.45) is 0 Å². The van der Waals surface area contributed by atoms with Crippen LogP contribution < -0.4 is 5.32 Å². The number of rotatable bonds is 26. The van der Waals surface area contributed by atoms with Gasteiger partial charge in [0, 0.05) is 0 Å². The normalized spacial score (nSPS) is 24.4. The van der Waals surface area contributed by atoms with Crippen molar-refractivity contribution in [3.05, 3.63) is 24.3 Å². The van der Waals surface area contributed by atoms with E-state index in [-0.39, 0.29) is 6.42 Å². The lowest BCUT2D eigenvalue weighted by Gasteiger charge is -2.41. The van der Waals surface area contributed by atoms with Crippen LogP contribution in [0.15, 0.2) is 24.3 Å². The molecule has 1 rings (SSSR count). The van der Waals surface area contributed by atoms with Crippen LogP contribution in [-0.2, 0) is 28.9 Å². The SMILES string of the molecule is CCCC/C=C\CCCCCC(O)C(=O)NC(COC1OC(CO)C(O)C(OS(=O)(=O)O)C1O)C(O)/C=C/CCCCCCCC. The van der Waals surface area contributed by atoms with E-state index >= 15 is 0 Å². The Labute approximate surface area is 275 Å². The number of amides is 1. The molecule has 7 N–H and O–H groups in total. The predicted molar refractivity (Wildman–Crippen MR) is 173 cm³/mol. The van der Waals surface area contributed by atoms with Crippen LogP contribution >= 0.6 is 0 Å². The van der Waals surface area contributed by atoms with E-state index in [0.717, 1.165) is 64.2 Å². The third-order valence-corrected chi connectivity index (χ3v) is 8.30. The Morgan fingerprint density at radius 1 is 0.870 bits per heavy atom. The van der Waals surface area contributed by atoms with E-state index in [2.05, 4.69) is 35.5 Å². The number of aliphatic hydroxyl groups is 5. The molecule has 46 heavy (non-hydrogen) atoms. The van der Waals surface area contributed by atoms with E-state index in [1.807, 2.05) is 0 Å². The molecule has 1 aliphatic rings. The van der Waals surface area contributed by atoms with Crippen LogP contribution in [0.25, 0.3) is 0 Å². The number of allylic oxidation sites excluding steroid dienone is 3. The minimum absolute atomic E-state index is 0.220. The molecule has 0 aromatic carbocycles. The molecule has 270 valence electrons. The number of carbonyl (C=O) groups is 1. The third kappa shape index (κ3) is 18.2. The second kappa shape index (κ2) is 24.6. The summed E-state index contributed by atoms with van der Waals surface area (Å²) in [6, 6.07) is -1.12. The number of aliphatic hydroxyl groups excluding tert-OH is 5. The van der Waals surface area contributed by atoms with Crippen LogP contribution in [0, 0.1) is 0 Å². The summed E-state index contributed by atoms with van der Waals surface area (Å²) in [5.41, 5.74) is 0. The maximum atomic E-state index is 12.9. The van der Waals surface area contributed by atoms with Crippen molar-refractivity contribution in [3.8, 4) is 0 Å². The number of unbranched alkanes of at least 4 members (excludes halogenated alkanes) is 11. The smallest absolute Gasteiger partial charge is 0.394 e. The summed E-state index contributed by atoms with van der Waals surface area (Å²) in [6.45, 7) is 3.02. The molecule has 0 radical (unpaired) electrons.